The fourth-order valence-corrected chi connectivity index (χ4v) is 2.30. The summed E-state index contributed by atoms with van der Waals surface area (Å²) in [5.41, 5.74) is 0. The van der Waals surface area contributed by atoms with Gasteiger partial charge in [0.1, 0.15) is 24.4 Å². The monoisotopic (exact) mass is 202 g/mol. The number of aliphatic hydroxyl groups excluding tert-OH is 1. The predicted molar refractivity (Wildman–Crippen MR) is 44.4 cm³/mol. The Kier molecular flexibility index (Phi) is 1.73. The van der Waals surface area contributed by atoms with Crippen LogP contribution >= 0.6 is 0 Å². The summed E-state index contributed by atoms with van der Waals surface area (Å²) in [7, 11) is 0. The molecule has 0 unspecified atom stereocenters. The molecule has 3 saturated heterocycles. The highest BCUT2D eigenvalue weighted by Gasteiger charge is 2.58. The zero-order valence-corrected chi connectivity index (χ0v) is 8.17. The Morgan fingerprint density at radius 2 is 1.93 bits per heavy atom. The second-order valence-corrected chi connectivity index (χ2v) is 4.43. The van der Waals surface area contributed by atoms with Gasteiger partial charge in [0, 0.05) is 0 Å². The largest absolute Gasteiger partial charge is 0.387 e. The van der Waals surface area contributed by atoms with E-state index in [4.69, 9.17) is 18.9 Å². The summed E-state index contributed by atoms with van der Waals surface area (Å²) in [4.78, 5) is 0. The second kappa shape index (κ2) is 2.68. The first-order valence-corrected chi connectivity index (χ1v) is 4.88. The van der Waals surface area contributed by atoms with Crippen LogP contribution in [0.5, 0.6) is 0 Å². The lowest BCUT2D eigenvalue weighted by molar-refractivity contribution is -0.198. The number of hydrogen-bond donors (Lipinski definition) is 1. The third-order valence-electron chi connectivity index (χ3n) is 2.88. The van der Waals surface area contributed by atoms with E-state index in [1.54, 1.807) is 0 Å². The summed E-state index contributed by atoms with van der Waals surface area (Å²) < 4.78 is 22.0. The van der Waals surface area contributed by atoms with E-state index in [1.165, 1.54) is 0 Å². The van der Waals surface area contributed by atoms with Gasteiger partial charge in [-0.15, -0.1) is 0 Å². The summed E-state index contributed by atoms with van der Waals surface area (Å²) in [5.74, 6) is -0.659. The van der Waals surface area contributed by atoms with Crippen LogP contribution in [0.2, 0.25) is 0 Å². The Bertz CT molecular complexity index is 246. The first-order valence-electron chi connectivity index (χ1n) is 4.88. The van der Waals surface area contributed by atoms with Crippen molar-refractivity contribution in [3.8, 4) is 0 Å². The highest BCUT2D eigenvalue weighted by molar-refractivity contribution is 4.98. The quantitative estimate of drug-likeness (QED) is 0.580. The van der Waals surface area contributed by atoms with Crippen LogP contribution < -0.4 is 0 Å². The second-order valence-electron chi connectivity index (χ2n) is 4.43. The highest BCUT2D eigenvalue weighted by atomic mass is 16.8. The first-order chi connectivity index (χ1) is 6.57. The van der Waals surface area contributed by atoms with Crippen molar-refractivity contribution in [2.75, 3.05) is 6.61 Å². The van der Waals surface area contributed by atoms with Gasteiger partial charge in [-0.2, -0.15) is 0 Å². The summed E-state index contributed by atoms with van der Waals surface area (Å²) in [6.07, 6.45) is -1.93. The fourth-order valence-electron chi connectivity index (χ4n) is 2.30. The molecule has 1 N–H and O–H groups in total. The normalized spacial score (nSPS) is 54.6. The molecule has 0 aromatic rings. The molecule has 5 heteroatoms. The lowest BCUT2D eigenvalue weighted by Crippen LogP contribution is -2.52. The van der Waals surface area contributed by atoms with Gasteiger partial charge >= 0.3 is 0 Å². The molecule has 14 heavy (non-hydrogen) atoms. The molecule has 0 radical (unpaired) electrons. The van der Waals surface area contributed by atoms with E-state index < -0.39 is 11.9 Å². The SMILES string of the molecule is CC1(C)O[C@@H]2[C@@H]3OC[C@@H](O3)[C@@H](O)[C@H]2O1. The van der Waals surface area contributed by atoms with E-state index in [-0.39, 0.29) is 24.6 Å². The highest BCUT2D eigenvalue weighted by Crippen LogP contribution is 2.40. The molecule has 3 aliphatic heterocycles. The third-order valence-corrected chi connectivity index (χ3v) is 2.88. The van der Waals surface area contributed by atoms with Crippen molar-refractivity contribution >= 4 is 0 Å². The minimum Gasteiger partial charge on any atom is -0.387 e. The topological polar surface area (TPSA) is 57.2 Å². The molecular weight excluding hydrogens is 188 g/mol. The van der Waals surface area contributed by atoms with Gasteiger partial charge in [0.25, 0.3) is 0 Å². The Morgan fingerprint density at radius 1 is 1.21 bits per heavy atom. The predicted octanol–water partition coefficient (Wildman–Crippen LogP) is -0.378. The number of aliphatic hydroxyl groups is 1. The van der Waals surface area contributed by atoms with Crippen LogP contribution in [0, 0.1) is 0 Å². The van der Waals surface area contributed by atoms with Gasteiger partial charge in [0.15, 0.2) is 12.1 Å². The molecule has 0 aromatic carbocycles. The van der Waals surface area contributed by atoms with Crippen LogP contribution in [0.15, 0.2) is 0 Å². The van der Waals surface area contributed by atoms with Crippen LogP contribution in [0.25, 0.3) is 0 Å². The molecule has 0 aliphatic carbocycles. The van der Waals surface area contributed by atoms with Gasteiger partial charge in [0.05, 0.1) is 6.61 Å². The lowest BCUT2D eigenvalue weighted by atomic mass is 10.0. The van der Waals surface area contributed by atoms with Crippen molar-refractivity contribution in [1.82, 2.24) is 0 Å². The minimum atomic E-state index is -0.659. The molecule has 3 aliphatic rings. The molecular formula is C9H14O5. The standard InChI is InChI=1S/C9H14O5/c1-9(2)13-6-5(10)4-3-11-8(12-4)7(6)14-9/h4-8,10H,3H2,1-2H3/t4-,5-,6-,7+,8-/m1/s1. The Balaban J connectivity index is 1.88. The third kappa shape index (κ3) is 1.14. The molecule has 0 spiro atoms. The van der Waals surface area contributed by atoms with Crippen LogP contribution in [0.1, 0.15) is 13.8 Å². The number of fused-ring (bicyclic) bond motifs is 4. The molecule has 0 aromatic heterocycles. The average Bonchev–Trinajstić information content (AvgIpc) is 2.64. The van der Waals surface area contributed by atoms with E-state index in [9.17, 15) is 5.11 Å². The Hall–Kier alpha value is -0.200. The maximum Gasteiger partial charge on any atom is 0.187 e. The van der Waals surface area contributed by atoms with Crippen molar-refractivity contribution in [2.45, 2.75) is 50.3 Å². The van der Waals surface area contributed by atoms with Gasteiger partial charge in [0.2, 0.25) is 0 Å². The fraction of sp³-hybridized carbons (Fsp3) is 1.00. The van der Waals surface area contributed by atoms with Crippen LogP contribution in [0.3, 0.4) is 0 Å². The average molecular weight is 202 g/mol. The van der Waals surface area contributed by atoms with Crippen molar-refractivity contribution in [1.29, 1.82) is 0 Å². The van der Waals surface area contributed by atoms with Crippen LogP contribution in [-0.4, -0.2) is 48.2 Å². The number of hydrogen-bond acceptors (Lipinski definition) is 5. The van der Waals surface area contributed by atoms with Crippen molar-refractivity contribution in [2.24, 2.45) is 0 Å². The summed E-state index contributed by atoms with van der Waals surface area (Å²) in [6, 6.07) is 0. The summed E-state index contributed by atoms with van der Waals surface area (Å²) in [5, 5.41) is 9.89. The number of ether oxygens (including phenoxy) is 4. The van der Waals surface area contributed by atoms with Gasteiger partial charge in [-0.3, -0.25) is 0 Å². The van der Waals surface area contributed by atoms with Crippen LogP contribution in [0.4, 0.5) is 0 Å². The maximum absolute atomic E-state index is 9.89. The van der Waals surface area contributed by atoms with E-state index in [1.807, 2.05) is 13.8 Å². The molecule has 3 rings (SSSR count). The number of rotatable bonds is 0. The van der Waals surface area contributed by atoms with Gasteiger partial charge in [-0.1, -0.05) is 0 Å². The van der Waals surface area contributed by atoms with Crippen molar-refractivity contribution in [3.05, 3.63) is 0 Å². The smallest absolute Gasteiger partial charge is 0.187 e. The maximum atomic E-state index is 9.89. The summed E-state index contributed by atoms with van der Waals surface area (Å²) >= 11 is 0. The molecule has 3 heterocycles. The Morgan fingerprint density at radius 3 is 2.71 bits per heavy atom. The molecule has 80 valence electrons. The minimum absolute atomic E-state index is 0.265. The Labute approximate surface area is 81.9 Å². The van der Waals surface area contributed by atoms with Gasteiger partial charge < -0.3 is 24.1 Å². The van der Waals surface area contributed by atoms with Gasteiger partial charge in [-0.05, 0) is 13.8 Å². The molecule has 5 nitrogen and oxygen atoms in total. The molecule has 2 bridgehead atoms. The van der Waals surface area contributed by atoms with Crippen molar-refractivity contribution < 1.29 is 24.1 Å². The van der Waals surface area contributed by atoms with E-state index in [2.05, 4.69) is 0 Å². The van der Waals surface area contributed by atoms with E-state index in [0.29, 0.717) is 6.61 Å². The van der Waals surface area contributed by atoms with E-state index >= 15 is 0 Å². The molecule has 0 amide bonds. The van der Waals surface area contributed by atoms with Crippen LogP contribution in [-0.2, 0) is 18.9 Å². The first kappa shape index (κ1) is 9.06. The lowest BCUT2D eigenvalue weighted by Gasteiger charge is -2.31. The zero-order valence-electron chi connectivity index (χ0n) is 8.17. The zero-order chi connectivity index (χ0) is 9.92. The summed E-state index contributed by atoms with van der Waals surface area (Å²) in [6.45, 7) is 4.07. The van der Waals surface area contributed by atoms with Gasteiger partial charge in [-0.25, -0.2) is 0 Å². The molecule has 3 fully saturated rings. The van der Waals surface area contributed by atoms with E-state index in [0.717, 1.165) is 0 Å². The molecule has 5 atom stereocenters. The molecule has 0 saturated carbocycles. The van der Waals surface area contributed by atoms with Crippen molar-refractivity contribution in [3.63, 3.8) is 0 Å².